The number of allylic oxidation sites excluding steroid dienone is 1. The molecule has 114 valence electrons. The van der Waals surface area contributed by atoms with Crippen LogP contribution in [0.3, 0.4) is 0 Å². The fourth-order valence-corrected chi connectivity index (χ4v) is 1.98. The van der Waals surface area contributed by atoms with Crippen molar-refractivity contribution in [3.63, 3.8) is 0 Å². The molecule has 0 fully saturated rings. The van der Waals surface area contributed by atoms with Gasteiger partial charge in [0.05, 0.1) is 0 Å². The molecular weight excluding hydrogens is 278 g/mol. The number of methoxy groups -OCH3 is 1. The van der Waals surface area contributed by atoms with Gasteiger partial charge in [0, 0.05) is 18.4 Å². The second kappa shape index (κ2) is 7.43. The molecule has 0 saturated carbocycles. The number of carbonyl (C=O) groups excluding carboxylic acids is 1. The molecule has 0 aromatic heterocycles. The van der Waals surface area contributed by atoms with Crippen molar-refractivity contribution < 1.29 is 14.3 Å². The highest BCUT2D eigenvalue weighted by molar-refractivity contribution is 6.10. The average molecular weight is 297 g/mol. The molecule has 2 aromatic carbocycles. The highest BCUT2D eigenvalue weighted by Gasteiger charge is 2.05. The van der Waals surface area contributed by atoms with Gasteiger partial charge in [-0.15, -0.1) is 0 Å². The van der Waals surface area contributed by atoms with Crippen molar-refractivity contribution in [2.24, 2.45) is 0 Å². The summed E-state index contributed by atoms with van der Waals surface area (Å²) in [5, 5.41) is 0. The lowest BCUT2D eigenvalue weighted by Crippen LogP contribution is -2.01. The monoisotopic (exact) mass is 297 g/mol. The fraction of sp³-hybridized carbons (Fsp3) is 0.167. The first kappa shape index (κ1) is 15.8. The van der Waals surface area contributed by atoms with E-state index < -0.39 is 0 Å². The molecule has 0 atom stereocenters. The number of benzene rings is 2. The first-order chi connectivity index (χ1) is 10.6. The Balaban J connectivity index is 2.16. The quantitative estimate of drug-likeness (QED) is 0.384. The zero-order valence-corrected chi connectivity index (χ0v) is 12.7. The Labute approximate surface area is 130 Å². The molecule has 0 aliphatic heterocycles. The van der Waals surface area contributed by atoms with E-state index in [-0.39, 0.29) is 12.6 Å². The molecule has 0 aliphatic rings. The average Bonchev–Trinajstić information content (AvgIpc) is 2.53. The Morgan fingerprint density at radius 2 is 2.00 bits per heavy atom. The summed E-state index contributed by atoms with van der Waals surface area (Å²) in [6, 6.07) is 12.7. The minimum Gasteiger partial charge on any atom is -0.467 e. The second-order valence-electron chi connectivity index (χ2n) is 4.86. The van der Waals surface area contributed by atoms with Gasteiger partial charge in [-0.25, -0.2) is 0 Å². The van der Waals surface area contributed by atoms with E-state index in [1.54, 1.807) is 37.5 Å². The normalized spacial score (nSPS) is 10.8. The summed E-state index contributed by atoms with van der Waals surface area (Å²) in [7, 11) is 1.57. The van der Waals surface area contributed by atoms with Crippen LogP contribution in [0.2, 0.25) is 0 Å². The lowest BCUT2D eigenvalue weighted by atomic mass is 10.1. The van der Waals surface area contributed by atoms with E-state index in [1.165, 1.54) is 6.08 Å². The summed E-state index contributed by atoms with van der Waals surface area (Å²) in [6.07, 6.45) is 3.25. The van der Waals surface area contributed by atoms with Gasteiger partial charge in [0.15, 0.2) is 12.6 Å². The molecule has 0 spiro atoms. The van der Waals surface area contributed by atoms with E-state index in [0.717, 1.165) is 16.9 Å². The predicted molar refractivity (Wildman–Crippen MR) is 87.9 cm³/mol. The predicted octanol–water partition coefficient (Wildman–Crippen LogP) is 3.46. The zero-order valence-electron chi connectivity index (χ0n) is 12.7. The van der Waals surface area contributed by atoms with Crippen LogP contribution in [0.25, 0.3) is 6.08 Å². The van der Waals surface area contributed by atoms with Crippen molar-refractivity contribution in [2.45, 2.75) is 6.92 Å². The van der Waals surface area contributed by atoms with Crippen LogP contribution >= 0.6 is 0 Å². The van der Waals surface area contributed by atoms with Crippen molar-refractivity contribution in [3.8, 4) is 5.75 Å². The van der Waals surface area contributed by atoms with Crippen LogP contribution in [-0.4, -0.2) is 19.7 Å². The summed E-state index contributed by atoms with van der Waals surface area (Å²) in [4.78, 5) is 12.1. The van der Waals surface area contributed by atoms with E-state index in [9.17, 15) is 4.79 Å². The van der Waals surface area contributed by atoms with Gasteiger partial charge in [0.25, 0.3) is 0 Å². The Kier molecular flexibility index (Phi) is 5.33. The highest BCUT2D eigenvalue weighted by atomic mass is 16.7. The van der Waals surface area contributed by atoms with Gasteiger partial charge in [0.1, 0.15) is 5.75 Å². The summed E-state index contributed by atoms with van der Waals surface area (Å²) < 4.78 is 10.4. The number of nitrogen functional groups attached to an aromatic ring is 1. The number of nitrogens with two attached hydrogens (primary N) is 1. The SMILES string of the molecule is COCOc1cc(/C=C/C(=O)c2ccccc2N)ccc1C. The Morgan fingerprint density at radius 3 is 2.73 bits per heavy atom. The molecule has 0 bridgehead atoms. The molecule has 4 heteroatoms. The molecule has 0 aliphatic carbocycles. The van der Waals surface area contributed by atoms with Gasteiger partial charge in [0.2, 0.25) is 0 Å². The second-order valence-corrected chi connectivity index (χ2v) is 4.86. The Morgan fingerprint density at radius 1 is 1.23 bits per heavy atom. The molecule has 0 unspecified atom stereocenters. The maximum Gasteiger partial charge on any atom is 0.188 e. The van der Waals surface area contributed by atoms with Gasteiger partial charge in [-0.2, -0.15) is 0 Å². The number of hydrogen-bond donors (Lipinski definition) is 1. The third kappa shape index (κ3) is 3.96. The molecular formula is C18H19NO3. The molecule has 2 N–H and O–H groups in total. The Hall–Kier alpha value is -2.59. The number of aryl methyl sites for hydroxylation is 1. The third-order valence-electron chi connectivity index (χ3n) is 3.20. The molecule has 0 saturated heterocycles. The first-order valence-electron chi connectivity index (χ1n) is 6.91. The number of para-hydroxylation sites is 1. The standard InChI is InChI=1S/C18H19NO3/c1-13-7-8-14(11-18(13)22-12-21-2)9-10-17(20)15-5-3-4-6-16(15)19/h3-11H,12,19H2,1-2H3/b10-9+. The topological polar surface area (TPSA) is 61.5 Å². The van der Waals surface area contributed by atoms with Crippen molar-refractivity contribution >= 4 is 17.5 Å². The van der Waals surface area contributed by atoms with Gasteiger partial charge >= 0.3 is 0 Å². The molecule has 22 heavy (non-hydrogen) atoms. The molecule has 2 aromatic rings. The number of rotatable bonds is 6. The lowest BCUT2D eigenvalue weighted by molar-refractivity contribution is 0.0506. The minimum absolute atomic E-state index is 0.127. The van der Waals surface area contributed by atoms with Crippen molar-refractivity contribution in [1.82, 2.24) is 0 Å². The third-order valence-corrected chi connectivity index (χ3v) is 3.20. The van der Waals surface area contributed by atoms with Crippen LogP contribution in [0, 0.1) is 6.92 Å². The first-order valence-corrected chi connectivity index (χ1v) is 6.91. The summed E-state index contributed by atoms with van der Waals surface area (Å²) >= 11 is 0. The van der Waals surface area contributed by atoms with Crippen LogP contribution < -0.4 is 10.5 Å². The summed E-state index contributed by atoms with van der Waals surface area (Å²) in [5.41, 5.74) is 8.66. The minimum atomic E-state index is -0.127. The van der Waals surface area contributed by atoms with E-state index >= 15 is 0 Å². The van der Waals surface area contributed by atoms with Crippen molar-refractivity contribution in [1.29, 1.82) is 0 Å². The van der Waals surface area contributed by atoms with Crippen LogP contribution in [0.15, 0.2) is 48.5 Å². The van der Waals surface area contributed by atoms with Crippen LogP contribution in [-0.2, 0) is 4.74 Å². The summed E-state index contributed by atoms with van der Waals surface area (Å²) in [6.45, 7) is 2.14. The number of carbonyl (C=O) groups is 1. The van der Waals surface area contributed by atoms with E-state index in [0.29, 0.717) is 11.3 Å². The number of anilines is 1. The summed E-state index contributed by atoms with van der Waals surface area (Å²) in [5.74, 6) is 0.605. The molecule has 0 radical (unpaired) electrons. The van der Waals surface area contributed by atoms with Gasteiger partial charge in [-0.3, -0.25) is 4.79 Å². The van der Waals surface area contributed by atoms with Crippen LogP contribution in [0.5, 0.6) is 5.75 Å². The largest absolute Gasteiger partial charge is 0.467 e. The van der Waals surface area contributed by atoms with Crippen molar-refractivity contribution in [2.75, 3.05) is 19.6 Å². The van der Waals surface area contributed by atoms with Crippen LogP contribution in [0.4, 0.5) is 5.69 Å². The molecule has 0 amide bonds. The number of ether oxygens (including phenoxy) is 2. The maximum absolute atomic E-state index is 12.1. The highest BCUT2D eigenvalue weighted by Crippen LogP contribution is 2.21. The van der Waals surface area contributed by atoms with Gasteiger partial charge in [-0.1, -0.05) is 30.3 Å². The van der Waals surface area contributed by atoms with Gasteiger partial charge < -0.3 is 15.2 Å². The lowest BCUT2D eigenvalue weighted by Gasteiger charge is -2.08. The van der Waals surface area contributed by atoms with E-state index in [2.05, 4.69) is 0 Å². The molecule has 4 nitrogen and oxygen atoms in total. The van der Waals surface area contributed by atoms with Gasteiger partial charge in [-0.05, 0) is 42.3 Å². The van der Waals surface area contributed by atoms with Crippen LogP contribution in [0.1, 0.15) is 21.5 Å². The van der Waals surface area contributed by atoms with E-state index in [4.69, 9.17) is 15.2 Å². The Bertz CT molecular complexity index is 692. The van der Waals surface area contributed by atoms with Crippen molar-refractivity contribution in [3.05, 3.63) is 65.2 Å². The fourth-order valence-electron chi connectivity index (χ4n) is 1.98. The smallest absolute Gasteiger partial charge is 0.188 e. The maximum atomic E-state index is 12.1. The molecule has 0 heterocycles. The number of hydrogen-bond acceptors (Lipinski definition) is 4. The number of ketones is 1. The molecule has 2 rings (SSSR count). The zero-order chi connectivity index (χ0) is 15.9. The van der Waals surface area contributed by atoms with E-state index in [1.807, 2.05) is 25.1 Å².